The van der Waals surface area contributed by atoms with E-state index < -0.39 is 22.6 Å². The van der Waals surface area contributed by atoms with E-state index in [1.54, 1.807) is 19.9 Å². The van der Waals surface area contributed by atoms with Gasteiger partial charge in [-0.05, 0) is 32.1 Å². The van der Waals surface area contributed by atoms with E-state index in [1.165, 1.54) is 18.2 Å². The van der Waals surface area contributed by atoms with Gasteiger partial charge in [0.2, 0.25) is 0 Å². The first-order chi connectivity index (χ1) is 10.9. The minimum Gasteiger partial charge on any atom is -0.466 e. The third-order valence-corrected chi connectivity index (χ3v) is 2.78. The number of hydrazine groups is 1. The number of rotatable bonds is 4. The molecule has 2 amide bonds. The molecule has 0 radical (unpaired) electrons. The van der Waals surface area contributed by atoms with Gasteiger partial charge in [0, 0.05) is 6.08 Å². The quantitative estimate of drug-likeness (QED) is 0.503. The maximum Gasteiger partial charge on any atom is 0.433 e. The standard InChI is InChI=1S/C14H13N3O6/c1-8-7-11(9(2)22-8)14(19)16-15-12(18)5-3-10-4-6-13(23-10)17(20)21/h3-7H,1-2H3,(H,15,18)(H,16,19)/b5-3+. The Morgan fingerprint density at radius 1 is 1.22 bits per heavy atom. The SMILES string of the molecule is Cc1cc(C(=O)NNC(=O)/C=C/c2ccc([N+](=O)[O-])o2)c(C)o1. The van der Waals surface area contributed by atoms with E-state index in [4.69, 9.17) is 8.83 Å². The second kappa shape index (κ2) is 6.60. The number of carbonyl (C=O) groups excluding carboxylic acids is 2. The Labute approximate surface area is 130 Å². The number of hydrogen-bond acceptors (Lipinski definition) is 6. The van der Waals surface area contributed by atoms with Crippen LogP contribution in [0.4, 0.5) is 5.88 Å². The number of nitro groups is 1. The zero-order valence-corrected chi connectivity index (χ0v) is 12.3. The molecule has 2 aromatic rings. The highest BCUT2D eigenvalue weighted by molar-refractivity contribution is 5.98. The highest BCUT2D eigenvalue weighted by atomic mass is 16.6. The van der Waals surface area contributed by atoms with Gasteiger partial charge in [0.05, 0.1) is 11.6 Å². The third kappa shape index (κ3) is 4.06. The van der Waals surface area contributed by atoms with Crippen LogP contribution in [0.25, 0.3) is 6.08 Å². The number of amides is 2. The summed E-state index contributed by atoms with van der Waals surface area (Å²) in [6, 6.07) is 4.07. The Morgan fingerprint density at radius 3 is 2.52 bits per heavy atom. The van der Waals surface area contributed by atoms with Crippen molar-refractivity contribution in [2.75, 3.05) is 0 Å². The van der Waals surface area contributed by atoms with Crippen LogP contribution < -0.4 is 10.9 Å². The van der Waals surface area contributed by atoms with E-state index in [0.29, 0.717) is 17.1 Å². The van der Waals surface area contributed by atoms with Crippen molar-refractivity contribution < 1.29 is 23.3 Å². The first kappa shape index (κ1) is 16.0. The molecule has 2 N–H and O–H groups in total. The number of aryl methyl sites for hydroxylation is 2. The molecule has 0 aliphatic carbocycles. The topological polar surface area (TPSA) is 128 Å². The van der Waals surface area contributed by atoms with Crippen molar-refractivity contribution in [3.8, 4) is 0 Å². The maximum atomic E-state index is 11.8. The van der Waals surface area contributed by atoms with E-state index in [0.717, 1.165) is 6.08 Å². The van der Waals surface area contributed by atoms with Gasteiger partial charge in [-0.25, -0.2) is 0 Å². The molecule has 2 rings (SSSR count). The van der Waals surface area contributed by atoms with Gasteiger partial charge in [-0.2, -0.15) is 0 Å². The molecule has 2 aromatic heterocycles. The smallest absolute Gasteiger partial charge is 0.433 e. The van der Waals surface area contributed by atoms with Crippen LogP contribution >= 0.6 is 0 Å². The number of nitrogens with zero attached hydrogens (tertiary/aromatic N) is 1. The zero-order valence-electron chi connectivity index (χ0n) is 12.3. The lowest BCUT2D eigenvalue weighted by atomic mass is 10.2. The average Bonchev–Trinajstić information content (AvgIpc) is 3.09. The van der Waals surface area contributed by atoms with Crippen LogP contribution in [-0.4, -0.2) is 16.7 Å². The molecule has 0 aliphatic heterocycles. The molecule has 0 fully saturated rings. The molecule has 9 nitrogen and oxygen atoms in total. The average molecular weight is 319 g/mol. The number of carbonyl (C=O) groups is 2. The molecule has 0 saturated heterocycles. The number of hydrogen-bond donors (Lipinski definition) is 2. The Bertz CT molecular complexity index is 786. The van der Waals surface area contributed by atoms with Gasteiger partial charge >= 0.3 is 5.88 Å². The van der Waals surface area contributed by atoms with Crippen LogP contribution in [0.1, 0.15) is 27.6 Å². The largest absolute Gasteiger partial charge is 0.466 e. The van der Waals surface area contributed by atoms with Crippen molar-refractivity contribution in [2.24, 2.45) is 0 Å². The fourth-order valence-electron chi connectivity index (χ4n) is 1.77. The second-order valence-corrected chi connectivity index (χ2v) is 4.54. The summed E-state index contributed by atoms with van der Waals surface area (Å²) in [5.74, 6) is -0.417. The lowest BCUT2D eigenvalue weighted by Crippen LogP contribution is -2.40. The summed E-state index contributed by atoms with van der Waals surface area (Å²) < 4.78 is 10.1. The summed E-state index contributed by atoms with van der Waals surface area (Å²) in [7, 11) is 0. The van der Waals surface area contributed by atoms with Crippen molar-refractivity contribution in [3.05, 3.63) is 57.2 Å². The first-order valence-corrected chi connectivity index (χ1v) is 6.46. The van der Waals surface area contributed by atoms with Gasteiger partial charge < -0.3 is 8.83 Å². The fraction of sp³-hybridized carbons (Fsp3) is 0.143. The Morgan fingerprint density at radius 2 is 1.96 bits per heavy atom. The molecule has 0 aliphatic rings. The molecular formula is C14H13N3O6. The van der Waals surface area contributed by atoms with Crippen molar-refractivity contribution in [3.63, 3.8) is 0 Å². The van der Waals surface area contributed by atoms with Crippen LogP contribution in [-0.2, 0) is 4.79 Å². The minimum atomic E-state index is -0.688. The molecule has 120 valence electrons. The van der Waals surface area contributed by atoms with Crippen molar-refractivity contribution in [1.82, 2.24) is 10.9 Å². The van der Waals surface area contributed by atoms with Crippen LogP contribution in [0.3, 0.4) is 0 Å². The van der Waals surface area contributed by atoms with E-state index in [1.807, 2.05) is 0 Å². The summed E-state index contributed by atoms with van der Waals surface area (Å²) >= 11 is 0. The Kier molecular flexibility index (Phi) is 4.60. The van der Waals surface area contributed by atoms with Crippen LogP contribution in [0.15, 0.2) is 33.1 Å². The highest BCUT2D eigenvalue weighted by Gasteiger charge is 2.14. The molecule has 23 heavy (non-hydrogen) atoms. The monoisotopic (exact) mass is 319 g/mol. The van der Waals surface area contributed by atoms with E-state index in [2.05, 4.69) is 10.9 Å². The third-order valence-electron chi connectivity index (χ3n) is 2.78. The van der Waals surface area contributed by atoms with Crippen LogP contribution in [0.5, 0.6) is 0 Å². The highest BCUT2D eigenvalue weighted by Crippen LogP contribution is 2.16. The summed E-state index contributed by atoms with van der Waals surface area (Å²) in [4.78, 5) is 33.2. The molecule has 0 saturated carbocycles. The lowest BCUT2D eigenvalue weighted by Gasteiger charge is -2.03. The zero-order chi connectivity index (χ0) is 17.0. The molecule has 9 heteroatoms. The Balaban J connectivity index is 1.89. The minimum absolute atomic E-state index is 0.138. The maximum absolute atomic E-state index is 11.8. The van der Waals surface area contributed by atoms with Crippen molar-refractivity contribution in [1.29, 1.82) is 0 Å². The van der Waals surface area contributed by atoms with Gasteiger partial charge in [0.15, 0.2) is 0 Å². The summed E-state index contributed by atoms with van der Waals surface area (Å²) in [5.41, 5.74) is 4.71. The van der Waals surface area contributed by atoms with Gasteiger partial charge in [-0.15, -0.1) is 0 Å². The van der Waals surface area contributed by atoms with E-state index >= 15 is 0 Å². The lowest BCUT2D eigenvalue weighted by molar-refractivity contribution is -0.402. The normalized spacial score (nSPS) is 10.7. The van der Waals surface area contributed by atoms with Gasteiger partial charge in [0.1, 0.15) is 22.2 Å². The molecule has 0 unspecified atom stereocenters. The van der Waals surface area contributed by atoms with Gasteiger partial charge in [0.25, 0.3) is 11.8 Å². The molecule has 0 aromatic carbocycles. The first-order valence-electron chi connectivity index (χ1n) is 6.46. The number of nitrogens with one attached hydrogen (secondary N) is 2. The number of furan rings is 2. The van der Waals surface area contributed by atoms with Crippen LogP contribution in [0.2, 0.25) is 0 Å². The van der Waals surface area contributed by atoms with Gasteiger partial charge in [-0.1, -0.05) is 0 Å². The fourth-order valence-corrected chi connectivity index (χ4v) is 1.77. The molecule has 2 heterocycles. The van der Waals surface area contributed by atoms with Crippen LogP contribution in [0, 0.1) is 24.0 Å². The molecular weight excluding hydrogens is 306 g/mol. The summed E-state index contributed by atoms with van der Waals surface area (Å²) in [6.07, 6.45) is 2.30. The second-order valence-electron chi connectivity index (χ2n) is 4.54. The van der Waals surface area contributed by atoms with Crippen molar-refractivity contribution in [2.45, 2.75) is 13.8 Å². The summed E-state index contributed by atoms with van der Waals surface area (Å²) in [6.45, 7) is 3.33. The predicted octanol–water partition coefficient (Wildman–Crippen LogP) is 1.87. The van der Waals surface area contributed by atoms with Crippen molar-refractivity contribution >= 4 is 23.8 Å². The predicted molar refractivity (Wildman–Crippen MR) is 78.2 cm³/mol. The Hall–Kier alpha value is -3.36. The molecule has 0 spiro atoms. The molecule has 0 atom stereocenters. The summed E-state index contributed by atoms with van der Waals surface area (Å²) in [5, 5.41) is 10.4. The van der Waals surface area contributed by atoms with E-state index in [-0.39, 0.29) is 5.76 Å². The van der Waals surface area contributed by atoms with E-state index in [9.17, 15) is 19.7 Å². The molecule has 0 bridgehead atoms. The van der Waals surface area contributed by atoms with Gasteiger partial charge in [-0.3, -0.25) is 30.6 Å².